The van der Waals surface area contributed by atoms with Gasteiger partial charge in [-0.2, -0.15) is 0 Å². The van der Waals surface area contributed by atoms with Crippen molar-refractivity contribution in [3.8, 4) is 11.4 Å². The van der Waals surface area contributed by atoms with Crippen molar-refractivity contribution in [2.24, 2.45) is 0 Å². The number of fused-ring (bicyclic) bond motifs is 1. The Kier molecular flexibility index (Phi) is 2.33. The number of hydrogen-bond acceptors (Lipinski definition) is 2. The molecule has 90 valence electrons. The molecule has 0 spiro atoms. The van der Waals surface area contributed by atoms with E-state index in [1.54, 1.807) is 25.3 Å². The molecule has 0 saturated carbocycles. The maximum absolute atomic E-state index is 13.7. The normalized spacial score (nSPS) is 11.1. The van der Waals surface area contributed by atoms with Crippen LogP contribution in [0.2, 0.25) is 0 Å². The first-order chi connectivity index (χ1) is 8.65. The second kappa shape index (κ2) is 3.87. The van der Waals surface area contributed by atoms with Gasteiger partial charge in [-0.05, 0) is 30.7 Å². The van der Waals surface area contributed by atoms with Crippen molar-refractivity contribution in [2.45, 2.75) is 6.92 Å². The van der Waals surface area contributed by atoms with Gasteiger partial charge in [-0.15, -0.1) is 0 Å². The number of hydrogen-bond donors (Lipinski definition) is 1. The van der Waals surface area contributed by atoms with Gasteiger partial charge in [0.05, 0.1) is 11.1 Å². The van der Waals surface area contributed by atoms with Crippen LogP contribution in [0.15, 0.2) is 30.5 Å². The van der Waals surface area contributed by atoms with E-state index >= 15 is 0 Å². The SMILES string of the molecule is Cc1cc(-c2nc3ncccc3[nH]2)c(F)cc1F. The van der Waals surface area contributed by atoms with E-state index in [2.05, 4.69) is 15.0 Å². The Hall–Kier alpha value is -2.30. The molecule has 0 atom stereocenters. The monoisotopic (exact) mass is 245 g/mol. The summed E-state index contributed by atoms with van der Waals surface area (Å²) in [5.74, 6) is -0.855. The van der Waals surface area contributed by atoms with Crippen LogP contribution in [0, 0.1) is 18.6 Å². The van der Waals surface area contributed by atoms with E-state index in [9.17, 15) is 8.78 Å². The Bertz CT molecular complexity index is 701. The molecule has 0 fully saturated rings. The van der Waals surface area contributed by atoms with E-state index in [1.165, 1.54) is 6.07 Å². The predicted molar refractivity (Wildman–Crippen MR) is 64.0 cm³/mol. The highest BCUT2D eigenvalue weighted by atomic mass is 19.1. The lowest BCUT2D eigenvalue weighted by atomic mass is 10.1. The third kappa shape index (κ3) is 1.64. The molecule has 0 aliphatic rings. The summed E-state index contributed by atoms with van der Waals surface area (Å²) in [6, 6.07) is 5.86. The lowest BCUT2D eigenvalue weighted by molar-refractivity contribution is 0.579. The van der Waals surface area contributed by atoms with Gasteiger partial charge >= 0.3 is 0 Å². The molecule has 2 aromatic heterocycles. The topological polar surface area (TPSA) is 41.6 Å². The number of pyridine rings is 1. The van der Waals surface area contributed by atoms with Crippen LogP contribution in [0.5, 0.6) is 0 Å². The van der Waals surface area contributed by atoms with Crippen molar-refractivity contribution in [3.63, 3.8) is 0 Å². The summed E-state index contributed by atoms with van der Waals surface area (Å²) < 4.78 is 26.9. The summed E-state index contributed by atoms with van der Waals surface area (Å²) in [5, 5.41) is 0. The minimum absolute atomic E-state index is 0.243. The van der Waals surface area contributed by atoms with E-state index in [0.717, 1.165) is 6.07 Å². The molecular weight excluding hydrogens is 236 g/mol. The molecule has 0 bridgehead atoms. The van der Waals surface area contributed by atoms with Gasteiger partial charge in [0, 0.05) is 12.3 Å². The summed E-state index contributed by atoms with van der Waals surface area (Å²) in [6.07, 6.45) is 1.61. The maximum atomic E-state index is 13.7. The number of aromatic amines is 1. The molecule has 0 radical (unpaired) electrons. The Morgan fingerprint density at radius 2 is 2.00 bits per heavy atom. The van der Waals surface area contributed by atoms with Gasteiger partial charge in [0.1, 0.15) is 17.5 Å². The first kappa shape index (κ1) is 10.8. The molecule has 1 N–H and O–H groups in total. The molecule has 3 aromatic rings. The van der Waals surface area contributed by atoms with E-state index < -0.39 is 11.6 Å². The lowest BCUT2D eigenvalue weighted by Crippen LogP contribution is -1.91. The number of halogens is 2. The van der Waals surface area contributed by atoms with Gasteiger partial charge in [0.25, 0.3) is 0 Å². The number of imidazole rings is 1. The van der Waals surface area contributed by atoms with Crippen molar-refractivity contribution in [1.82, 2.24) is 15.0 Å². The number of H-pyrrole nitrogens is 1. The standard InChI is InChI=1S/C13H9F2N3/c1-7-5-8(10(15)6-9(7)14)12-17-11-3-2-4-16-13(11)18-12/h2-6H,1H3,(H,16,17,18). The van der Waals surface area contributed by atoms with Crippen LogP contribution >= 0.6 is 0 Å². The summed E-state index contributed by atoms with van der Waals surface area (Å²) in [7, 11) is 0. The fourth-order valence-corrected chi connectivity index (χ4v) is 1.81. The molecule has 3 nitrogen and oxygen atoms in total. The first-order valence-corrected chi connectivity index (χ1v) is 5.42. The molecule has 0 unspecified atom stereocenters. The Morgan fingerprint density at radius 1 is 1.17 bits per heavy atom. The van der Waals surface area contributed by atoms with Crippen LogP contribution in [0.1, 0.15) is 5.56 Å². The summed E-state index contributed by atoms with van der Waals surface area (Å²) in [6.45, 7) is 1.58. The largest absolute Gasteiger partial charge is 0.336 e. The van der Waals surface area contributed by atoms with Crippen molar-refractivity contribution in [1.29, 1.82) is 0 Å². The summed E-state index contributed by atoms with van der Waals surface area (Å²) in [4.78, 5) is 11.2. The first-order valence-electron chi connectivity index (χ1n) is 5.42. The minimum Gasteiger partial charge on any atom is -0.336 e. The molecule has 5 heteroatoms. The van der Waals surface area contributed by atoms with Crippen molar-refractivity contribution < 1.29 is 8.78 Å². The quantitative estimate of drug-likeness (QED) is 0.715. The molecule has 1 aromatic carbocycles. The van der Waals surface area contributed by atoms with Crippen LogP contribution in [0.3, 0.4) is 0 Å². The van der Waals surface area contributed by atoms with Gasteiger partial charge in [0.15, 0.2) is 5.65 Å². The zero-order valence-corrected chi connectivity index (χ0v) is 9.54. The van der Waals surface area contributed by atoms with Crippen molar-refractivity contribution in [3.05, 3.63) is 47.7 Å². The van der Waals surface area contributed by atoms with Crippen LogP contribution < -0.4 is 0 Å². The van der Waals surface area contributed by atoms with E-state index in [4.69, 9.17) is 0 Å². The molecule has 0 saturated heterocycles. The summed E-state index contributed by atoms with van der Waals surface area (Å²) >= 11 is 0. The van der Waals surface area contributed by atoms with Gasteiger partial charge in [-0.1, -0.05) is 0 Å². The van der Waals surface area contributed by atoms with E-state index in [-0.39, 0.29) is 5.56 Å². The maximum Gasteiger partial charge on any atom is 0.178 e. The smallest absolute Gasteiger partial charge is 0.178 e. The third-order valence-corrected chi connectivity index (χ3v) is 2.76. The van der Waals surface area contributed by atoms with Crippen LogP contribution in [-0.4, -0.2) is 15.0 Å². The second-order valence-corrected chi connectivity index (χ2v) is 4.04. The highest BCUT2D eigenvalue weighted by Gasteiger charge is 2.13. The number of nitrogens with one attached hydrogen (secondary N) is 1. The number of rotatable bonds is 1. The molecule has 18 heavy (non-hydrogen) atoms. The van der Waals surface area contributed by atoms with Gasteiger partial charge in [-0.3, -0.25) is 0 Å². The predicted octanol–water partition coefficient (Wildman–Crippen LogP) is 3.21. The van der Waals surface area contributed by atoms with Gasteiger partial charge in [-0.25, -0.2) is 18.7 Å². The second-order valence-electron chi connectivity index (χ2n) is 4.04. The van der Waals surface area contributed by atoms with E-state index in [0.29, 0.717) is 22.6 Å². The number of aryl methyl sites for hydroxylation is 1. The van der Waals surface area contributed by atoms with Crippen molar-refractivity contribution >= 4 is 11.2 Å². The number of nitrogens with zero attached hydrogens (tertiary/aromatic N) is 2. The molecule has 0 aliphatic carbocycles. The van der Waals surface area contributed by atoms with Crippen LogP contribution in [-0.2, 0) is 0 Å². The van der Waals surface area contributed by atoms with Crippen molar-refractivity contribution in [2.75, 3.05) is 0 Å². The molecule has 0 amide bonds. The Labute approximate surface area is 102 Å². The summed E-state index contributed by atoms with van der Waals surface area (Å²) in [5.41, 5.74) is 1.84. The van der Waals surface area contributed by atoms with E-state index in [1.807, 2.05) is 0 Å². The number of benzene rings is 1. The van der Waals surface area contributed by atoms with Gasteiger partial charge in [0.2, 0.25) is 0 Å². The molecule has 0 aliphatic heterocycles. The average Bonchev–Trinajstić information content (AvgIpc) is 2.77. The lowest BCUT2D eigenvalue weighted by Gasteiger charge is -2.02. The Balaban J connectivity index is 2.22. The fraction of sp³-hybridized carbons (Fsp3) is 0.0769. The van der Waals surface area contributed by atoms with Gasteiger partial charge < -0.3 is 4.98 Å². The zero-order valence-electron chi connectivity index (χ0n) is 9.54. The average molecular weight is 245 g/mol. The molecule has 2 heterocycles. The van der Waals surface area contributed by atoms with Crippen LogP contribution in [0.25, 0.3) is 22.6 Å². The molecular formula is C13H9F2N3. The fourth-order valence-electron chi connectivity index (χ4n) is 1.81. The Morgan fingerprint density at radius 3 is 2.78 bits per heavy atom. The third-order valence-electron chi connectivity index (χ3n) is 2.76. The highest BCUT2D eigenvalue weighted by Crippen LogP contribution is 2.24. The minimum atomic E-state index is -0.642. The zero-order chi connectivity index (χ0) is 12.7. The highest BCUT2D eigenvalue weighted by molar-refractivity contribution is 5.75. The molecule has 3 rings (SSSR count). The van der Waals surface area contributed by atoms with Crippen LogP contribution in [0.4, 0.5) is 8.78 Å². The number of aromatic nitrogens is 3.